The summed E-state index contributed by atoms with van der Waals surface area (Å²) in [7, 11) is -0.359. The van der Waals surface area contributed by atoms with Crippen molar-refractivity contribution in [3.8, 4) is 34.2 Å². The lowest BCUT2D eigenvalue weighted by Gasteiger charge is -2.32. The van der Waals surface area contributed by atoms with Crippen molar-refractivity contribution >= 4 is 91.3 Å². The van der Waals surface area contributed by atoms with E-state index in [-0.39, 0.29) is 34.2 Å². The molecule has 0 atom stereocenters. The van der Waals surface area contributed by atoms with Crippen LogP contribution in [0.1, 0.15) is 40.5 Å². The molecule has 0 bridgehead atoms. The summed E-state index contributed by atoms with van der Waals surface area (Å²) in [4.78, 5) is 24.7. The SMILES string of the molecule is C1CCOC1.CC1(C)OB(c2ccc3c(c2)oc2ccccc23)OC1(C)C.Clc1nc(-c2ccccc2)nc(-c2ccc3c(c2)oc2ccccc23)n1.Clc1nc(Cl)nc(-c2ccccc2)n1. The Labute approximate surface area is 402 Å². The molecule has 4 aromatic heterocycles. The van der Waals surface area contributed by atoms with E-state index in [4.69, 9.17) is 57.7 Å². The Kier molecular flexibility index (Phi) is 13.6. The van der Waals surface area contributed by atoms with Gasteiger partial charge in [0.2, 0.25) is 15.9 Å². The maximum Gasteiger partial charge on any atom is 0.494 e. The average molecular weight is 950 g/mol. The van der Waals surface area contributed by atoms with Crippen LogP contribution in [0.4, 0.5) is 0 Å². The van der Waals surface area contributed by atoms with Gasteiger partial charge in [-0.15, -0.1) is 0 Å². The highest BCUT2D eigenvalue weighted by Gasteiger charge is 2.51. The zero-order chi connectivity index (χ0) is 46.5. The van der Waals surface area contributed by atoms with Crippen LogP contribution in [-0.2, 0) is 14.0 Å². The van der Waals surface area contributed by atoms with Crippen LogP contribution < -0.4 is 5.46 Å². The molecule has 0 saturated carbocycles. The van der Waals surface area contributed by atoms with Gasteiger partial charge < -0.3 is 22.9 Å². The third-order valence-electron chi connectivity index (χ3n) is 11.6. The summed E-state index contributed by atoms with van der Waals surface area (Å²) < 4.78 is 29.1. The molecule has 2 fully saturated rings. The molecule has 11 nitrogen and oxygen atoms in total. The lowest BCUT2D eigenvalue weighted by Crippen LogP contribution is -2.41. The van der Waals surface area contributed by atoms with Gasteiger partial charge in [-0.25, -0.2) is 4.98 Å². The first-order valence-corrected chi connectivity index (χ1v) is 22.9. The molecule has 2 aliphatic rings. The number of ether oxygens (including phenoxy) is 1. The standard InChI is InChI=1S/C21H12ClN3O.C18H19BO3.C9H5Cl2N3.C4H8O/c22-21-24-19(13-6-2-1-3-7-13)23-20(25-21)14-10-11-16-15-8-4-5-9-17(15)26-18(16)12-14;1-17(2)18(3,4)22-19(21-17)12-9-10-14-13-7-5-6-8-15(13)20-16(14)11-12;10-8-12-7(13-9(11)14-8)6-4-2-1-3-5-6;1-2-4-5-3-1/h1-12H;5-11H,1-4H3;1-5H;1-4H2. The largest absolute Gasteiger partial charge is 0.494 e. The van der Waals surface area contributed by atoms with Crippen LogP contribution in [0.25, 0.3) is 78.0 Å². The molecule has 0 N–H and O–H groups in total. The van der Waals surface area contributed by atoms with E-state index in [1.165, 1.54) is 12.8 Å². The number of hydrogen-bond acceptors (Lipinski definition) is 11. The van der Waals surface area contributed by atoms with Crippen LogP contribution in [-0.4, -0.2) is 61.4 Å². The highest BCUT2D eigenvalue weighted by atomic mass is 35.5. The first kappa shape index (κ1) is 45.9. The van der Waals surface area contributed by atoms with E-state index in [0.29, 0.717) is 17.5 Å². The van der Waals surface area contributed by atoms with Crippen molar-refractivity contribution in [3.05, 3.63) is 161 Å². The summed E-state index contributed by atoms with van der Waals surface area (Å²) in [5.41, 5.74) is 6.34. The molecule has 67 heavy (non-hydrogen) atoms. The summed E-state index contributed by atoms with van der Waals surface area (Å²) in [6.07, 6.45) is 2.56. The number of para-hydroxylation sites is 2. The van der Waals surface area contributed by atoms with Gasteiger partial charge in [-0.1, -0.05) is 115 Å². The smallest absolute Gasteiger partial charge is 0.456 e. The van der Waals surface area contributed by atoms with E-state index in [2.05, 4.69) is 75.8 Å². The second-order valence-electron chi connectivity index (χ2n) is 16.8. The fraction of sp³-hybridized carbons (Fsp3) is 0.192. The van der Waals surface area contributed by atoms with E-state index in [1.54, 1.807) is 0 Å². The Morgan fingerprint density at radius 3 is 1.34 bits per heavy atom. The molecule has 2 aliphatic heterocycles. The highest BCUT2D eigenvalue weighted by molar-refractivity contribution is 6.62. The molecule has 6 heterocycles. The molecule has 0 spiro atoms. The molecular formula is C52H44BCl3N6O5. The number of rotatable bonds is 4. The molecule has 0 aliphatic carbocycles. The minimum atomic E-state index is -0.359. The van der Waals surface area contributed by atoms with Gasteiger partial charge in [0, 0.05) is 51.4 Å². The van der Waals surface area contributed by atoms with Crippen LogP contribution in [0.15, 0.2) is 154 Å². The molecular weight excluding hydrogens is 906 g/mol. The van der Waals surface area contributed by atoms with Crippen LogP contribution in [0.5, 0.6) is 0 Å². The van der Waals surface area contributed by atoms with Crippen molar-refractivity contribution in [2.75, 3.05) is 13.2 Å². The van der Waals surface area contributed by atoms with Crippen LogP contribution in [0.3, 0.4) is 0 Å². The predicted octanol–water partition coefficient (Wildman–Crippen LogP) is 13.3. The number of aromatic nitrogens is 6. The zero-order valence-corrected chi connectivity index (χ0v) is 39.4. The van der Waals surface area contributed by atoms with Gasteiger partial charge in [0.15, 0.2) is 17.5 Å². The van der Waals surface area contributed by atoms with E-state index in [0.717, 1.165) is 79.2 Å². The number of fused-ring (bicyclic) bond motifs is 6. The van der Waals surface area contributed by atoms with E-state index in [9.17, 15) is 0 Å². The quantitative estimate of drug-likeness (QED) is 0.156. The fourth-order valence-electron chi connectivity index (χ4n) is 7.48. The maximum atomic E-state index is 6.15. The molecule has 2 saturated heterocycles. The molecule has 336 valence electrons. The molecule has 10 aromatic rings. The van der Waals surface area contributed by atoms with Crippen molar-refractivity contribution in [1.29, 1.82) is 0 Å². The second-order valence-corrected chi connectivity index (χ2v) is 17.8. The van der Waals surface area contributed by atoms with E-state index >= 15 is 0 Å². The van der Waals surface area contributed by atoms with E-state index in [1.807, 2.05) is 127 Å². The maximum absolute atomic E-state index is 6.15. The van der Waals surface area contributed by atoms with Gasteiger partial charge in [-0.3, -0.25) is 0 Å². The molecule has 15 heteroatoms. The highest BCUT2D eigenvalue weighted by Crippen LogP contribution is 2.37. The average Bonchev–Trinajstić information content (AvgIpc) is 4.15. The first-order valence-electron chi connectivity index (χ1n) is 21.8. The minimum Gasteiger partial charge on any atom is -0.456 e. The number of nitrogens with zero attached hydrogens (tertiary/aromatic N) is 6. The van der Waals surface area contributed by atoms with Crippen LogP contribution in [0, 0.1) is 0 Å². The third-order valence-corrected chi connectivity index (χ3v) is 12.2. The lowest BCUT2D eigenvalue weighted by molar-refractivity contribution is 0.00578. The van der Waals surface area contributed by atoms with Gasteiger partial charge in [0.1, 0.15) is 22.3 Å². The first-order chi connectivity index (χ1) is 32.4. The lowest BCUT2D eigenvalue weighted by atomic mass is 9.79. The Hall–Kier alpha value is -6.25. The third kappa shape index (κ3) is 10.5. The Morgan fingerprint density at radius 2 is 0.836 bits per heavy atom. The van der Waals surface area contributed by atoms with Gasteiger partial charge >= 0.3 is 7.12 Å². The van der Waals surface area contributed by atoms with Crippen molar-refractivity contribution < 1.29 is 22.9 Å². The molecule has 6 aromatic carbocycles. The van der Waals surface area contributed by atoms with E-state index < -0.39 is 0 Å². The van der Waals surface area contributed by atoms with Crippen LogP contribution >= 0.6 is 34.8 Å². The minimum absolute atomic E-state index is 0.101. The number of halogens is 3. The summed E-state index contributed by atoms with van der Waals surface area (Å²) in [5.74, 6) is 1.55. The summed E-state index contributed by atoms with van der Waals surface area (Å²) >= 11 is 17.5. The predicted molar refractivity (Wildman–Crippen MR) is 268 cm³/mol. The van der Waals surface area contributed by atoms with Crippen molar-refractivity contribution in [2.45, 2.75) is 51.7 Å². The molecule has 0 amide bonds. The Bertz CT molecular complexity index is 3270. The van der Waals surface area contributed by atoms with Crippen LogP contribution in [0.2, 0.25) is 15.9 Å². The number of benzene rings is 6. The van der Waals surface area contributed by atoms with Gasteiger partial charge in [-0.2, -0.15) is 24.9 Å². The van der Waals surface area contributed by atoms with Gasteiger partial charge in [-0.05, 0) is 111 Å². The topological polar surface area (TPSA) is 131 Å². The molecule has 12 rings (SSSR count). The number of furan rings is 2. The second kappa shape index (κ2) is 19.9. The van der Waals surface area contributed by atoms with Gasteiger partial charge in [0.05, 0.1) is 11.2 Å². The number of hydrogen-bond donors (Lipinski definition) is 0. The zero-order valence-electron chi connectivity index (χ0n) is 37.1. The normalized spacial score (nSPS) is 14.9. The fourth-order valence-corrected chi connectivity index (χ4v) is 8.00. The monoisotopic (exact) mass is 948 g/mol. The molecule has 0 radical (unpaired) electrons. The van der Waals surface area contributed by atoms with Crippen molar-refractivity contribution in [2.24, 2.45) is 0 Å². The summed E-state index contributed by atoms with van der Waals surface area (Å²) in [6, 6.07) is 47.3. The summed E-state index contributed by atoms with van der Waals surface area (Å²) in [6.45, 7) is 10.2. The Balaban J connectivity index is 0.000000124. The van der Waals surface area contributed by atoms with Gasteiger partial charge in [0.25, 0.3) is 0 Å². The van der Waals surface area contributed by atoms with Crippen molar-refractivity contribution in [3.63, 3.8) is 0 Å². The Morgan fingerprint density at radius 1 is 0.418 bits per heavy atom. The summed E-state index contributed by atoms with van der Waals surface area (Å²) in [5, 5.41) is 4.78. The van der Waals surface area contributed by atoms with Crippen molar-refractivity contribution in [1.82, 2.24) is 29.9 Å². The molecule has 0 unspecified atom stereocenters.